The summed E-state index contributed by atoms with van der Waals surface area (Å²) in [7, 11) is 0. The molecule has 92 valence electrons. The average molecular weight is 260 g/mol. The van der Waals surface area contributed by atoms with E-state index >= 15 is 0 Å². The molecule has 0 amide bonds. The van der Waals surface area contributed by atoms with E-state index in [0.29, 0.717) is 6.61 Å². The Morgan fingerprint density at radius 2 is 2.17 bits per heavy atom. The molecule has 0 aliphatic heterocycles. The highest BCUT2D eigenvalue weighted by molar-refractivity contribution is 7.03. The third-order valence-electron chi connectivity index (χ3n) is 2.26. The van der Waals surface area contributed by atoms with Gasteiger partial charge in [0.1, 0.15) is 5.69 Å². The van der Waals surface area contributed by atoms with Gasteiger partial charge in [-0.1, -0.05) is 28.8 Å². The molecule has 18 heavy (non-hydrogen) atoms. The van der Waals surface area contributed by atoms with Gasteiger partial charge in [-0.25, -0.2) is 4.79 Å². The highest BCUT2D eigenvalue weighted by atomic mass is 32.1. The minimum absolute atomic E-state index is 0.328. The summed E-state index contributed by atoms with van der Waals surface area (Å²) in [6.45, 7) is 2.17. The summed E-state index contributed by atoms with van der Waals surface area (Å²) >= 11 is 1.32. The van der Waals surface area contributed by atoms with Crippen LogP contribution in [0.2, 0.25) is 0 Å². The van der Waals surface area contributed by atoms with E-state index in [-0.39, 0.29) is 5.97 Å². The molecule has 0 radical (unpaired) electrons. The molecule has 0 saturated carbocycles. The first-order valence-electron chi connectivity index (χ1n) is 5.52. The van der Waals surface area contributed by atoms with Crippen LogP contribution < -0.4 is 0 Å². The van der Waals surface area contributed by atoms with Gasteiger partial charge in [0.25, 0.3) is 0 Å². The van der Waals surface area contributed by atoms with Gasteiger partial charge in [0.15, 0.2) is 0 Å². The summed E-state index contributed by atoms with van der Waals surface area (Å²) in [4.78, 5) is 11.1. The number of benzene rings is 1. The fourth-order valence-corrected chi connectivity index (χ4v) is 1.88. The summed E-state index contributed by atoms with van der Waals surface area (Å²) in [6, 6.07) is 7.73. The van der Waals surface area contributed by atoms with Crippen LogP contribution in [0.1, 0.15) is 12.5 Å². The molecule has 1 aromatic carbocycles. The second kappa shape index (κ2) is 6.07. The normalized spacial score (nSPS) is 10.7. The van der Waals surface area contributed by atoms with Crippen molar-refractivity contribution in [3.8, 4) is 11.3 Å². The molecular weight excluding hydrogens is 248 g/mol. The first-order valence-corrected chi connectivity index (χ1v) is 6.35. The Morgan fingerprint density at radius 1 is 1.39 bits per heavy atom. The number of carbonyl (C=O) groups is 1. The van der Waals surface area contributed by atoms with Crippen molar-refractivity contribution in [2.75, 3.05) is 6.61 Å². The lowest BCUT2D eigenvalue weighted by Crippen LogP contribution is -1.98. The molecule has 4 nitrogen and oxygen atoms in total. The van der Waals surface area contributed by atoms with Gasteiger partial charge in [0.2, 0.25) is 0 Å². The van der Waals surface area contributed by atoms with E-state index in [1.54, 1.807) is 13.0 Å². The minimum Gasteiger partial charge on any atom is -0.463 e. The maximum atomic E-state index is 11.1. The molecule has 0 unspecified atom stereocenters. The Kier molecular flexibility index (Phi) is 4.20. The molecule has 0 fully saturated rings. The summed E-state index contributed by atoms with van der Waals surface area (Å²) in [5.74, 6) is -0.328. The van der Waals surface area contributed by atoms with E-state index in [4.69, 9.17) is 4.74 Å². The predicted octanol–water partition coefficient (Wildman–Crippen LogP) is 2.78. The second-order valence-corrected chi connectivity index (χ2v) is 4.11. The fraction of sp³-hybridized carbons (Fsp3) is 0.154. The van der Waals surface area contributed by atoms with Crippen LogP contribution in [0.4, 0.5) is 0 Å². The highest BCUT2D eigenvalue weighted by Crippen LogP contribution is 2.18. The van der Waals surface area contributed by atoms with E-state index < -0.39 is 0 Å². The smallest absolute Gasteiger partial charge is 0.330 e. The van der Waals surface area contributed by atoms with Crippen LogP contribution in [-0.2, 0) is 9.53 Å². The molecule has 1 aromatic heterocycles. The number of hydrogen-bond donors (Lipinski definition) is 0. The Morgan fingerprint density at radius 3 is 2.78 bits per heavy atom. The fourth-order valence-electron chi connectivity index (χ4n) is 1.41. The van der Waals surface area contributed by atoms with Crippen molar-refractivity contribution in [3.05, 3.63) is 41.3 Å². The van der Waals surface area contributed by atoms with Crippen LogP contribution in [-0.4, -0.2) is 22.2 Å². The number of nitrogens with zero attached hydrogens (tertiary/aromatic N) is 2. The van der Waals surface area contributed by atoms with Crippen LogP contribution in [0.25, 0.3) is 17.3 Å². The third-order valence-corrected chi connectivity index (χ3v) is 2.77. The van der Waals surface area contributed by atoms with Crippen molar-refractivity contribution in [1.29, 1.82) is 0 Å². The molecule has 2 rings (SSSR count). The zero-order chi connectivity index (χ0) is 12.8. The minimum atomic E-state index is -0.328. The topological polar surface area (TPSA) is 52.1 Å². The van der Waals surface area contributed by atoms with Gasteiger partial charge in [0.05, 0.1) is 6.61 Å². The quantitative estimate of drug-likeness (QED) is 0.626. The van der Waals surface area contributed by atoms with Crippen LogP contribution in [0, 0.1) is 0 Å². The first kappa shape index (κ1) is 12.4. The maximum absolute atomic E-state index is 11.1. The number of esters is 1. The molecule has 1 heterocycles. The molecule has 0 atom stereocenters. The molecule has 0 aliphatic carbocycles. The Balaban J connectivity index is 2.06. The van der Waals surface area contributed by atoms with Gasteiger partial charge in [0, 0.05) is 17.0 Å². The molecule has 0 saturated heterocycles. The number of carbonyl (C=O) groups excluding carboxylic acids is 1. The number of rotatable bonds is 4. The van der Waals surface area contributed by atoms with Crippen molar-refractivity contribution in [2.45, 2.75) is 6.92 Å². The first-order chi connectivity index (χ1) is 8.79. The van der Waals surface area contributed by atoms with Crippen LogP contribution in [0.3, 0.4) is 0 Å². The summed E-state index contributed by atoms with van der Waals surface area (Å²) < 4.78 is 8.62. The Bertz CT molecular complexity index is 533. The average Bonchev–Trinajstić information content (AvgIpc) is 2.91. The van der Waals surface area contributed by atoms with Crippen molar-refractivity contribution in [3.63, 3.8) is 0 Å². The van der Waals surface area contributed by atoms with Gasteiger partial charge in [-0.3, -0.25) is 0 Å². The van der Waals surface area contributed by atoms with E-state index in [9.17, 15) is 4.79 Å². The van der Waals surface area contributed by atoms with Gasteiger partial charge >= 0.3 is 5.97 Å². The zero-order valence-electron chi connectivity index (χ0n) is 9.87. The molecule has 2 aromatic rings. The van der Waals surface area contributed by atoms with Crippen molar-refractivity contribution in [2.24, 2.45) is 0 Å². The largest absolute Gasteiger partial charge is 0.463 e. The van der Waals surface area contributed by atoms with Crippen LogP contribution in [0.5, 0.6) is 0 Å². The Hall–Kier alpha value is -2.01. The number of hydrogen-bond acceptors (Lipinski definition) is 5. The van der Waals surface area contributed by atoms with Gasteiger partial charge < -0.3 is 4.74 Å². The monoisotopic (exact) mass is 260 g/mol. The van der Waals surface area contributed by atoms with Gasteiger partial charge in [-0.2, -0.15) is 0 Å². The van der Waals surface area contributed by atoms with E-state index in [2.05, 4.69) is 9.59 Å². The van der Waals surface area contributed by atoms with Crippen molar-refractivity contribution < 1.29 is 9.53 Å². The van der Waals surface area contributed by atoms with Gasteiger partial charge in [-0.15, -0.1) is 5.10 Å². The number of ether oxygens (including phenoxy) is 1. The van der Waals surface area contributed by atoms with Crippen molar-refractivity contribution >= 4 is 23.6 Å². The number of aromatic nitrogens is 2. The van der Waals surface area contributed by atoms with E-state index in [1.165, 1.54) is 17.6 Å². The lowest BCUT2D eigenvalue weighted by molar-refractivity contribution is -0.137. The molecule has 5 heteroatoms. The van der Waals surface area contributed by atoms with E-state index in [0.717, 1.165) is 16.8 Å². The zero-order valence-corrected chi connectivity index (χ0v) is 10.7. The standard InChI is InChI=1S/C13H12N2O2S/c1-2-17-13(16)8-5-10-3-6-11(7-4-10)12-9-18-15-14-12/h3-9H,2H2,1H3/b8-5+. The SMILES string of the molecule is CCOC(=O)/C=C/c1ccc(-c2csnn2)cc1. The highest BCUT2D eigenvalue weighted by Gasteiger charge is 2.00. The summed E-state index contributed by atoms with van der Waals surface area (Å²) in [5, 5.41) is 5.88. The lowest BCUT2D eigenvalue weighted by Gasteiger charge is -1.98. The van der Waals surface area contributed by atoms with Crippen molar-refractivity contribution in [1.82, 2.24) is 9.59 Å². The lowest BCUT2D eigenvalue weighted by atomic mass is 10.1. The molecule has 0 bridgehead atoms. The third kappa shape index (κ3) is 3.24. The van der Waals surface area contributed by atoms with Crippen LogP contribution >= 0.6 is 11.5 Å². The molecular formula is C13H12N2O2S. The molecule has 0 N–H and O–H groups in total. The predicted molar refractivity (Wildman–Crippen MR) is 71.0 cm³/mol. The summed E-state index contributed by atoms with van der Waals surface area (Å²) in [5.41, 5.74) is 2.81. The molecule has 0 spiro atoms. The van der Waals surface area contributed by atoms with Crippen LogP contribution in [0.15, 0.2) is 35.7 Å². The maximum Gasteiger partial charge on any atom is 0.330 e. The Labute approximate surface area is 109 Å². The second-order valence-electron chi connectivity index (χ2n) is 3.50. The molecule has 0 aliphatic rings. The van der Waals surface area contributed by atoms with E-state index in [1.807, 2.05) is 29.6 Å². The summed E-state index contributed by atoms with van der Waals surface area (Å²) in [6.07, 6.45) is 3.14. The van der Waals surface area contributed by atoms with Gasteiger partial charge in [-0.05, 0) is 30.1 Å².